The first kappa shape index (κ1) is 10.1. The molecule has 1 aromatic rings. The maximum Gasteiger partial charge on any atom is 0.293 e. The fraction of sp³-hybridized carbons (Fsp3) is 0.222. The van der Waals surface area contributed by atoms with Crippen LogP contribution in [0.2, 0.25) is 0 Å². The quantitative estimate of drug-likeness (QED) is 0.481. The summed E-state index contributed by atoms with van der Waals surface area (Å²) in [6.45, 7) is 0.372. The Morgan fingerprint density at radius 3 is 2.93 bits per heavy atom. The number of Topliss-reactive ketones (excluding diaryl/α,β-unsaturated/α-hetero) is 1. The molecule has 1 atom stereocenters. The number of alkyl halides is 1. The van der Waals surface area contributed by atoms with Crippen LogP contribution in [0.5, 0.6) is 0 Å². The number of anilines is 1. The molecule has 0 amide bonds. The maximum atomic E-state index is 11.7. The third kappa shape index (κ3) is 1.61. The van der Waals surface area contributed by atoms with Crippen LogP contribution in [0.4, 0.5) is 11.4 Å². The fourth-order valence-electron chi connectivity index (χ4n) is 1.54. The van der Waals surface area contributed by atoms with Crippen LogP contribution >= 0.6 is 15.9 Å². The summed E-state index contributed by atoms with van der Waals surface area (Å²) in [7, 11) is 0. The first-order valence-electron chi connectivity index (χ1n) is 4.31. The van der Waals surface area contributed by atoms with E-state index in [2.05, 4.69) is 21.2 Å². The van der Waals surface area contributed by atoms with Gasteiger partial charge in [-0.05, 0) is 6.07 Å². The van der Waals surface area contributed by atoms with Gasteiger partial charge in [0.15, 0.2) is 5.78 Å². The Labute approximate surface area is 93.8 Å². The Hall–Kier alpha value is -1.43. The molecule has 0 saturated carbocycles. The molecule has 2 rings (SSSR count). The van der Waals surface area contributed by atoms with Crippen LogP contribution in [-0.2, 0) is 0 Å². The number of ketones is 1. The lowest BCUT2D eigenvalue weighted by Gasteiger charge is -2.20. The number of benzene rings is 1. The average Bonchev–Trinajstić information content (AvgIpc) is 2.23. The van der Waals surface area contributed by atoms with E-state index in [1.807, 2.05) is 0 Å². The van der Waals surface area contributed by atoms with Crippen LogP contribution in [0.15, 0.2) is 18.2 Å². The van der Waals surface area contributed by atoms with Crippen molar-refractivity contribution in [3.63, 3.8) is 0 Å². The van der Waals surface area contributed by atoms with E-state index in [1.54, 1.807) is 6.07 Å². The van der Waals surface area contributed by atoms with Gasteiger partial charge in [0.05, 0.1) is 9.75 Å². The summed E-state index contributed by atoms with van der Waals surface area (Å²) in [4.78, 5) is 21.6. The number of carbonyl (C=O) groups is 1. The standard InChI is InChI=1S/C9H7BrN2O3/c10-6-4-11-8-5(9(6)13)2-1-3-7(8)12(14)15/h1-3,6,11H,4H2. The zero-order chi connectivity index (χ0) is 11.0. The van der Waals surface area contributed by atoms with Gasteiger partial charge in [-0.1, -0.05) is 22.0 Å². The van der Waals surface area contributed by atoms with Crippen LogP contribution in [0.3, 0.4) is 0 Å². The number of hydrogen-bond donors (Lipinski definition) is 1. The molecule has 0 aliphatic carbocycles. The molecule has 1 heterocycles. The summed E-state index contributed by atoms with van der Waals surface area (Å²) in [5.74, 6) is -0.118. The van der Waals surface area contributed by atoms with Crippen molar-refractivity contribution in [3.05, 3.63) is 33.9 Å². The largest absolute Gasteiger partial charge is 0.377 e. The number of nitro benzene ring substituents is 1. The van der Waals surface area contributed by atoms with E-state index in [4.69, 9.17) is 0 Å². The van der Waals surface area contributed by atoms with Crippen LogP contribution < -0.4 is 5.32 Å². The van der Waals surface area contributed by atoms with Gasteiger partial charge < -0.3 is 5.32 Å². The summed E-state index contributed by atoms with van der Waals surface area (Å²) in [6.07, 6.45) is 0. The van der Waals surface area contributed by atoms with Crippen molar-refractivity contribution in [1.29, 1.82) is 0 Å². The smallest absolute Gasteiger partial charge is 0.293 e. The highest BCUT2D eigenvalue weighted by Gasteiger charge is 2.29. The SMILES string of the molecule is O=C1c2cccc([N+](=O)[O-])c2NCC1Br. The molecule has 1 aliphatic rings. The highest BCUT2D eigenvalue weighted by Crippen LogP contribution is 2.32. The van der Waals surface area contributed by atoms with Gasteiger partial charge in [-0.2, -0.15) is 0 Å². The lowest BCUT2D eigenvalue weighted by Crippen LogP contribution is -2.30. The Morgan fingerprint density at radius 2 is 2.27 bits per heavy atom. The van der Waals surface area contributed by atoms with Gasteiger partial charge in [-0.15, -0.1) is 0 Å². The van der Waals surface area contributed by atoms with Gasteiger partial charge in [0.1, 0.15) is 5.69 Å². The lowest BCUT2D eigenvalue weighted by atomic mass is 10.0. The molecule has 0 fully saturated rings. The second-order valence-corrected chi connectivity index (χ2v) is 4.27. The molecule has 15 heavy (non-hydrogen) atoms. The fourth-order valence-corrected chi connectivity index (χ4v) is 1.94. The van der Waals surface area contributed by atoms with Crippen molar-refractivity contribution in [1.82, 2.24) is 0 Å². The first-order valence-corrected chi connectivity index (χ1v) is 5.22. The third-order valence-electron chi connectivity index (χ3n) is 2.25. The second-order valence-electron chi connectivity index (χ2n) is 3.17. The number of nitrogens with zero attached hydrogens (tertiary/aromatic N) is 1. The minimum absolute atomic E-state index is 0.0553. The molecule has 0 radical (unpaired) electrons. The molecular formula is C9H7BrN2O3. The van der Waals surface area contributed by atoms with E-state index in [0.29, 0.717) is 17.8 Å². The van der Waals surface area contributed by atoms with Gasteiger partial charge in [0.25, 0.3) is 5.69 Å². The minimum Gasteiger partial charge on any atom is -0.377 e. The molecule has 0 aromatic heterocycles. The van der Waals surface area contributed by atoms with Crippen molar-refractivity contribution in [2.24, 2.45) is 0 Å². The predicted molar refractivity (Wildman–Crippen MR) is 58.6 cm³/mol. The highest BCUT2D eigenvalue weighted by molar-refractivity contribution is 9.10. The van der Waals surface area contributed by atoms with Crippen molar-refractivity contribution in [3.8, 4) is 0 Å². The highest BCUT2D eigenvalue weighted by atomic mass is 79.9. The average molecular weight is 271 g/mol. The van der Waals surface area contributed by atoms with E-state index >= 15 is 0 Å². The Morgan fingerprint density at radius 1 is 1.53 bits per heavy atom. The molecule has 1 N–H and O–H groups in total. The van der Waals surface area contributed by atoms with E-state index in [-0.39, 0.29) is 16.3 Å². The van der Waals surface area contributed by atoms with E-state index in [0.717, 1.165) is 0 Å². The first-order chi connectivity index (χ1) is 7.11. The number of fused-ring (bicyclic) bond motifs is 1. The number of hydrogen-bond acceptors (Lipinski definition) is 4. The molecule has 1 unspecified atom stereocenters. The molecule has 0 saturated heterocycles. The van der Waals surface area contributed by atoms with Crippen LogP contribution in [-0.4, -0.2) is 22.1 Å². The van der Waals surface area contributed by atoms with Crippen LogP contribution in [0.1, 0.15) is 10.4 Å². The molecule has 1 aromatic carbocycles. The van der Waals surface area contributed by atoms with Crippen molar-refractivity contribution >= 4 is 33.1 Å². The molecule has 0 spiro atoms. The lowest BCUT2D eigenvalue weighted by molar-refractivity contribution is -0.384. The number of rotatable bonds is 1. The molecule has 1 aliphatic heterocycles. The van der Waals surface area contributed by atoms with E-state index in [9.17, 15) is 14.9 Å². The zero-order valence-corrected chi connectivity index (χ0v) is 9.15. The summed E-state index contributed by atoms with van der Waals surface area (Å²) >= 11 is 3.20. The van der Waals surface area contributed by atoms with Crippen molar-refractivity contribution < 1.29 is 9.72 Å². The van der Waals surface area contributed by atoms with Gasteiger partial charge in [0, 0.05) is 18.2 Å². The normalized spacial score (nSPS) is 19.3. The van der Waals surface area contributed by atoms with Crippen molar-refractivity contribution in [2.45, 2.75) is 4.83 Å². The van der Waals surface area contributed by atoms with Gasteiger partial charge >= 0.3 is 0 Å². The Kier molecular flexibility index (Phi) is 2.44. The summed E-state index contributed by atoms with van der Waals surface area (Å²) in [6, 6.07) is 4.49. The van der Waals surface area contributed by atoms with E-state index < -0.39 is 4.92 Å². The molecular weight excluding hydrogens is 264 g/mol. The van der Waals surface area contributed by atoms with E-state index in [1.165, 1.54) is 12.1 Å². The number of nitro groups is 1. The Balaban J connectivity index is 2.58. The van der Waals surface area contributed by atoms with Crippen LogP contribution in [0, 0.1) is 10.1 Å². The zero-order valence-electron chi connectivity index (χ0n) is 7.57. The summed E-state index contributed by atoms with van der Waals surface area (Å²) < 4.78 is 0. The number of carbonyl (C=O) groups excluding carboxylic acids is 1. The number of halogens is 1. The van der Waals surface area contributed by atoms with Crippen LogP contribution in [0.25, 0.3) is 0 Å². The van der Waals surface area contributed by atoms with Gasteiger partial charge in [0.2, 0.25) is 0 Å². The Bertz CT molecular complexity index is 447. The monoisotopic (exact) mass is 270 g/mol. The molecule has 78 valence electrons. The van der Waals surface area contributed by atoms with Crippen molar-refractivity contribution in [2.75, 3.05) is 11.9 Å². The predicted octanol–water partition coefficient (Wildman–Crippen LogP) is 1.97. The second kappa shape index (κ2) is 3.62. The number of para-hydroxylation sites is 1. The van der Waals surface area contributed by atoms with Gasteiger partial charge in [-0.3, -0.25) is 14.9 Å². The third-order valence-corrected chi connectivity index (χ3v) is 2.99. The van der Waals surface area contributed by atoms with Gasteiger partial charge in [-0.25, -0.2) is 0 Å². The molecule has 5 nitrogen and oxygen atoms in total. The topological polar surface area (TPSA) is 72.2 Å². The summed E-state index contributed by atoms with van der Waals surface area (Å²) in [5, 5.41) is 13.6. The maximum absolute atomic E-state index is 11.7. The summed E-state index contributed by atoms with van der Waals surface area (Å²) in [5.41, 5.74) is 0.640. The number of nitrogens with one attached hydrogen (secondary N) is 1. The minimum atomic E-state index is -0.492. The molecule has 6 heteroatoms. The molecule has 0 bridgehead atoms.